The molecule has 2 saturated heterocycles. The van der Waals surface area contributed by atoms with E-state index in [4.69, 9.17) is 9.47 Å². The number of nitrogens with one attached hydrogen (secondary N) is 1. The topological polar surface area (TPSA) is 47.6 Å². The van der Waals surface area contributed by atoms with E-state index < -0.39 is 0 Å². The molecule has 1 N–H and O–H groups in total. The summed E-state index contributed by atoms with van der Waals surface area (Å²) in [5.41, 5.74) is 0. The molecule has 0 aromatic rings. The molecule has 0 spiro atoms. The van der Waals surface area contributed by atoms with Crippen LogP contribution in [0.2, 0.25) is 0 Å². The predicted octanol–water partition coefficient (Wildman–Crippen LogP) is 1.10. The summed E-state index contributed by atoms with van der Waals surface area (Å²) in [4.78, 5) is 11.9. The zero-order valence-corrected chi connectivity index (χ0v) is 9.91. The maximum atomic E-state index is 11.9. The standard InChI is InChI=1S/C12H21NO3/c1-9-2-3-11(16-8-9)12(14)13-10-4-6-15-7-5-10/h9-11H,2-8H2,1H3,(H,13,14)/t9-,11+/m1/s1. The number of carbonyl (C=O) groups excluding carboxylic acids is 1. The first kappa shape index (κ1) is 11.9. The minimum atomic E-state index is -0.223. The van der Waals surface area contributed by atoms with Gasteiger partial charge in [-0.15, -0.1) is 0 Å². The molecule has 1 amide bonds. The highest BCUT2D eigenvalue weighted by atomic mass is 16.5. The lowest BCUT2D eigenvalue weighted by Crippen LogP contribution is -2.46. The van der Waals surface area contributed by atoms with Crippen molar-refractivity contribution in [1.29, 1.82) is 0 Å². The SMILES string of the molecule is C[C@@H]1CC[C@@H](C(=O)NC2CCOCC2)OC1. The molecule has 0 saturated carbocycles. The van der Waals surface area contributed by atoms with Crippen LogP contribution < -0.4 is 5.32 Å². The van der Waals surface area contributed by atoms with Crippen molar-refractivity contribution in [3.8, 4) is 0 Å². The Morgan fingerprint density at radius 3 is 2.56 bits per heavy atom. The lowest BCUT2D eigenvalue weighted by atomic mass is 9.99. The van der Waals surface area contributed by atoms with Crippen molar-refractivity contribution in [1.82, 2.24) is 5.32 Å². The third-order valence-electron chi connectivity index (χ3n) is 3.36. The van der Waals surface area contributed by atoms with E-state index in [-0.39, 0.29) is 18.1 Å². The molecule has 0 radical (unpaired) electrons. The van der Waals surface area contributed by atoms with Gasteiger partial charge in [0.25, 0.3) is 0 Å². The van der Waals surface area contributed by atoms with Crippen molar-refractivity contribution in [3.63, 3.8) is 0 Å². The van der Waals surface area contributed by atoms with E-state index in [1.807, 2.05) is 0 Å². The van der Waals surface area contributed by atoms with Crippen molar-refractivity contribution in [2.75, 3.05) is 19.8 Å². The van der Waals surface area contributed by atoms with Gasteiger partial charge in [0.2, 0.25) is 5.91 Å². The fourth-order valence-corrected chi connectivity index (χ4v) is 2.23. The molecule has 2 atom stereocenters. The molecule has 2 heterocycles. The van der Waals surface area contributed by atoms with Crippen molar-refractivity contribution in [3.05, 3.63) is 0 Å². The number of amides is 1. The fourth-order valence-electron chi connectivity index (χ4n) is 2.23. The number of ether oxygens (including phenoxy) is 2. The second kappa shape index (κ2) is 5.64. The van der Waals surface area contributed by atoms with Crippen LogP contribution in [-0.2, 0) is 14.3 Å². The van der Waals surface area contributed by atoms with Crippen LogP contribution in [0.4, 0.5) is 0 Å². The van der Waals surface area contributed by atoms with Crippen molar-refractivity contribution >= 4 is 5.91 Å². The van der Waals surface area contributed by atoms with Gasteiger partial charge in [-0.05, 0) is 31.6 Å². The molecule has 0 unspecified atom stereocenters. The maximum absolute atomic E-state index is 11.9. The number of hydrogen-bond donors (Lipinski definition) is 1. The Bertz CT molecular complexity index is 230. The molecule has 0 aliphatic carbocycles. The van der Waals surface area contributed by atoms with Crippen LogP contribution in [0.15, 0.2) is 0 Å². The second-order valence-electron chi connectivity index (χ2n) is 4.90. The monoisotopic (exact) mass is 227 g/mol. The third-order valence-corrected chi connectivity index (χ3v) is 3.36. The molecule has 2 rings (SSSR count). The van der Waals surface area contributed by atoms with Gasteiger partial charge < -0.3 is 14.8 Å². The van der Waals surface area contributed by atoms with Crippen LogP contribution in [0.3, 0.4) is 0 Å². The largest absolute Gasteiger partial charge is 0.381 e. The molecule has 0 bridgehead atoms. The van der Waals surface area contributed by atoms with Gasteiger partial charge in [0.1, 0.15) is 6.10 Å². The summed E-state index contributed by atoms with van der Waals surface area (Å²) in [6.07, 6.45) is 3.57. The Morgan fingerprint density at radius 1 is 1.19 bits per heavy atom. The average molecular weight is 227 g/mol. The molecule has 0 aromatic carbocycles. The zero-order chi connectivity index (χ0) is 11.4. The summed E-state index contributed by atoms with van der Waals surface area (Å²) in [7, 11) is 0. The van der Waals surface area contributed by atoms with Gasteiger partial charge in [-0.2, -0.15) is 0 Å². The van der Waals surface area contributed by atoms with E-state index in [1.54, 1.807) is 0 Å². The van der Waals surface area contributed by atoms with E-state index in [1.165, 1.54) is 0 Å². The summed E-state index contributed by atoms with van der Waals surface area (Å²) in [6.45, 7) is 4.39. The smallest absolute Gasteiger partial charge is 0.249 e. The molecule has 2 fully saturated rings. The van der Waals surface area contributed by atoms with Crippen molar-refractivity contribution < 1.29 is 14.3 Å². The first-order valence-corrected chi connectivity index (χ1v) is 6.25. The predicted molar refractivity (Wildman–Crippen MR) is 60.1 cm³/mol. The summed E-state index contributed by atoms with van der Waals surface area (Å²) in [5.74, 6) is 0.658. The first-order valence-electron chi connectivity index (χ1n) is 6.25. The number of carbonyl (C=O) groups is 1. The quantitative estimate of drug-likeness (QED) is 0.768. The van der Waals surface area contributed by atoms with Crippen LogP contribution in [0.5, 0.6) is 0 Å². The number of hydrogen-bond acceptors (Lipinski definition) is 3. The molecule has 2 aliphatic rings. The highest BCUT2D eigenvalue weighted by molar-refractivity contribution is 5.81. The van der Waals surface area contributed by atoms with E-state index in [9.17, 15) is 4.79 Å². The Balaban J connectivity index is 1.74. The van der Waals surface area contributed by atoms with Gasteiger partial charge in [-0.3, -0.25) is 4.79 Å². The van der Waals surface area contributed by atoms with Gasteiger partial charge in [0, 0.05) is 19.3 Å². The lowest BCUT2D eigenvalue weighted by molar-refractivity contribution is -0.138. The molecule has 92 valence electrons. The molecule has 16 heavy (non-hydrogen) atoms. The Labute approximate surface area is 96.7 Å². The molecular formula is C12H21NO3. The van der Waals surface area contributed by atoms with E-state index >= 15 is 0 Å². The Hall–Kier alpha value is -0.610. The van der Waals surface area contributed by atoms with Gasteiger partial charge in [-0.1, -0.05) is 6.92 Å². The normalized spacial score (nSPS) is 32.3. The van der Waals surface area contributed by atoms with Crippen LogP contribution in [-0.4, -0.2) is 37.9 Å². The molecular weight excluding hydrogens is 206 g/mol. The number of rotatable bonds is 2. The van der Waals surface area contributed by atoms with Crippen LogP contribution in [0.25, 0.3) is 0 Å². The molecule has 2 aliphatic heterocycles. The molecule has 0 aromatic heterocycles. The summed E-state index contributed by atoms with van der Waals surface area (Å²) >= 11 is 0. The van der Waals surface area contributed by atoms with Crippen molar-refractivity contribution in [2.45, 2.75) is 44.8 Å². The average Bonchev–Trinajstić information content (AvgIpc) is 2.31. The van der Waals surface area contributed by atoms with Crippen molar-refractivity contribution in [2.24, 2.45) is 5.92 Å². The van der Waals surface area contributed by atoms with Gasteiger partial charge in [0.15, 0.2) is 0 Å². The fraction of sp³-hybridized carbons (Fsp3) is 0.917. The zero-order valence-electron chi connectivity index (χ0n) is 9.91. The van der Waals surface area contributed by atoms with Crippen LogP contribution in [0, 0.1) is 5.92 Å². The van der Waals surface area contributed by atoms with Gasteiger partial charge in [0.05, 0.1) is 6.61 Å². The third kappa shape index (κ3) is 3.19. The maximum Gasteiger partial charge on any atom is 0.249 e. The van der Waals surface area contributed by atoms with Gasteiger partial charge in [-0.25, -0.2) is 0 Å². The van der Waals surface area contributed by atoms with E-state index in [0.29, 0.717) is 12.5 Å². The summed E-state index contributed by atoms with van der Waals surface area (Å²) < 4.78 is 10.8. The van der Waals surface area contributed by atoms with Gasteiger partial charge >= 0.3 is 0 Å². The van der Waals surface area contributed by atoms with Crippen LogP contribution >= 0.6 is 0 Å². The van der Waals surface area contributed by atoms with E-state index in [2.05, 4.69) is 12.2 Å². The Kier molecular flexibility index (Phi) is 4.18. The van der Waals surface area contributed by atoms with E-state index in [0.717, 1.165) is 38.9 Å². The highest BCUT2D eigenvalue weighted by Crippen LogP contribution is 2.18. The lowest BCUT2D eigenvalue weighted by Gasteiger charge is -2.29. The Morgan fingerprint density at radius 2 is 1.94 bits per heavy atom. The minimum absolute atomic E-state index is 0.0683. The second-order valence-corrected chi connectivity index (χ2v) is 4.90. The highest BCUT2D eigenvalue weighted by Gasteiger charge is 2.27. The minimum Gasteiger partial charge on any atom is -0.381 e. The molecule has 4 nitrogen and oxygen atoms in total. The summed E-state index contributed by atoms with van der Waals surface area (Å²) in [6, 6.07) is 0.282. The van der Waals surface area contributed by atoms with Crippen LogP contribution in [0.1, 0.15) is 32.6 Å². The first-order chi connectivity index (χ1) is 7.75. The molecule has 4 heteroatoms. The summed E-state index contributed by atoms with van der Waals surface area (Å²) in [5, 5.41) is 3.06.